The monoisotopic (exact) mass is 318 g/mol. The van der Waals surface area contributed by atoms with Crippen molar-refractivity contribution in [3.05, 3.63) is 75.9 Å². The second-order valence-electron chi connectivity index (χ2n) is 6.31. The molecule has 1 aromatic carbocycles. The summed E-state index contributed by atoms with van der Waals surface area (Å²) in [7, 11) is 0. The van der Waals surface area contributed by atoms with Crippen molar-refractivity contribution >= 4 is 11.6 Å². The van der Waals surface area contributed by atoms with Crippen LogP contribution >= 0.6 is 0 Å². The summed E-state index contributed by atoms with van der Waals surface area (Å²) in [5.74, 6) is -0.460. The minimum atomic E-state index is -0.320. The van der Waals surface area contributed by atoms with E-state index in [0.29, 0.717) is 11.1 Å². The zero-order chi connectivity index (χ0) is 17.4. The zero-order valence-corrected chi connectivity index (χ0v) is 14.2. The summed E-state index contributed by atoms with van der Waals surface area (Å²) in [6, 6.07) is 7.36. The number of hydrogen-bond donors (Lipinski definition) is 0. The lowest BCUT2D eigenvalue weighted by molar-refractivity contribution is 0.600. The molecule has 3 rings (SSSR count). The van der Waals surface area contributed by atoms with E-state index >= 15 is 0 Å². The standard InChI is InChI=1S/C21H19FN2/c1-5-17-7-6-15(11-24-17)14(4)21-19(22)9-16(10-23)18-8-12(2)13(3)20(18)21/h5-7,9,11,14H,1,8H2,2-4H3. The first-order valence-electron chi connectivity index (χ1n) is 7.98. The summed E-state index contributed by atoms with van der Waals surface area (Å²) < 4.78 is 14.9. The number of halogens is 1. The first-order chi connectivity index (χ1) is 11.5. The fourth-order valence-electron chi connectivity index (χ4n) is 3.41. The molecular weight excluding hydrogens is 299 g/mol. The lowest BCUT2D eigenvalue weighted by Gasteiger charge is -2.19. The molecule has 1 aliphatic rings. The molecule has 0 fully saturated rings. The van der Waals surface area contributed by atoms with Gasteiger partial charge in [0.15, 0.2) is 0 Å². The van der Waals surface area contributed by atoms with Crippen molar-refractivity contribution in [1.29, 1.82) is 5.26 Å². The summed E-state index contributed by atoms with van der Waals surface area (Å²) in [6.45, 7) is 9.74. The molecule has 0 amide bonds. The maximum atomic E-state index is 14.9. The second kappa shape index (κ2) is 6.05. The van der Waals surface area contributed by atoms with Gasteiger partial charge in [0.05, 0.1) is 17.3 Å². The van der Waals surface area contributed by atoms with E-state index < -0.39 is 0 Å². The third-order valence-electron chi connectivity index (χ3n) is 4.95. The summed E-state index contributed by atoms with van der Waals surface area (Å²) in [6.07, 6.45) is 4.18. The topological polar surface area (TPSA) is 36.7 Å². The first kappa shape index (κ1) is 16.1. The van der Waals surface area contributed by atoms with Gasteiger partial charge in [-0.05, 0) is 60.7 Å². The van der Waals surface area contributed by atoms with Gasteiger partial charge in [-0.25, -0.2) is 4.39 Å². The third-order valence-corrected chi connectivity index (χ3v) is 4.95. The molecule has 1 atom stereocenters. The molecule has 24 heavy (non-hydrogen) atoms. The number of fused-ring (bicyclic) bond motifs is 1. The highest BCUT2D eigenvalue weighted by Crippen LogP contribution is 2.42. The zero-order valence-electron chi connectivity index (χ0n) is 14.2. The molecule has 0 saturated heterocycles. The lowest BCUT2D eigenvalue weighted by atomic mass is 9.85. The van der Waals surface area contributed by atoms with Crippen molar-refractivity contribution in [2.45, 2.75) is 33.1 Å². The molecule has 0 radical (unpaired) electrons. The van der Waals surface area contributed by atoms with Crippen LogP contribution in [0.4, 0.5) is 4.39 Å². The van der Waals surface area contributed by atoms with Crippen LogP contribution in [-0.4, -0.2) is 4.98 Å². The summed E-state index contributed by atoms with van der Waals surface area (Å²) in [5.41, 5.74) is 6.98. The van der Waals surface area contributed by atoms with E-state index in [2.05, 4.69) is 17.6 Å². The van der Waals surface area contributed by atoms with Crippen LogP contribution in [0.3, 0.4) is 0 Å². The normalized spacial score (nSPS) is 14.3. The van der Waals surface area contributed by atoms with Crippen LogP contribution in [0.2, 0.25) is 0 Å². The predicted molar refractivity (Wildman–Crippen MR) is 94.9 cm³/mol. The molecular formula is C21H19FN2. The Hall–Kier alpha value is -2.73. The SMILES string of the molecule is C=Cc1ccc(C(C)c2c(F)cc(C#N)c3c2C(C)=C(C)C3)cn1. The van der Waals surface area contributed by atoms with E-state index in [0.717, 1.165) is 34.4 Å². The van der Waals surface area contributed by atoms with Gasteiger partial charge in [-0.1, -0.05) is 25.1 Å². The van der Waals surface area contributed by atoms with Gasteiger partial charge in [-0.15, -0.1) is 0 Å². The molecule has 0 aliphatic heterocycles. The van der Waals surface area contributed by atoms with Crippen LogP contribution in [0, 0.1) is 17.1 Å². The van der Waals surface area contributed by atoms with E-state index in [1.807, 2.05) is 32.9 Å². The Balaban J connectivity index is 2.19. The molecule has 2 nitrogen and oxygen atoms in total. The summed E-state index contributed by atoms with van der Waals surface area (Å²) in [4.78, 5) is 4.33. The number of allylic oxidation sites excluding steroid dienone is 2. The minimum Gasteiger partial charge on any atom is -0.257 e. The molecule has 1 aliphatic carbocycles. The number of pyridine rings is 1. The molecule has 0 spiro atoms. The van der Waals surface area contributed by atoms with Crippen LogP contribution in [0.1, 0.15) is 60.2 Å². The Morgan fingerprint density at radius 3 is 2.71 bits per heavy atom. The van der Waals surface area contributed by atoms with Crippen molar-refractivity contribution in [3.63, 3.8) is 0 Å². The van der Waals surface area contributed by atoms with Crippen molar-refractivity contribution in [2.24, 2.45) is 0 Å². The van der Waals surface area contributed by atoms with Gasteiger partial charge in [0, 0.05) is 17.7 Å². The number of aromatic nitrogens is 1. The predicted octanol–water partition coefficient (Wildman–Crippen LogP) is 5.24. The van der Waals surface area contributed by atoms with Gasteiger partial charge in [-0.2, -0.15) is 5.26 Å². The molecule has 0 bridgehead atoms. The first-order valence-corrected chi connectivity index (χ1v) is 7.98. The van der Waals surface area contributed by atoms with Crippen LogP contribution in [0.25, 0.3) is 11.6 Å². The Labute approximate surface area is 142 Å². The van der Waals surface area contributed by atoms with Gasteiger partial charge >= 0.3 is 0 Å². The largest absolute Gasteiger partial charge is 0.257 e. The molecule has 3 heteroatoms. The number of benzene rings is 1. The highest BCUT2D eigenvalue weighted by Gasteiger charge is 2.28. The van der Waals surface area contributed by atoms with E-state index in [1.54, 1.807) is 12.3 Å². The second-order valence-corrected chi connectivity index (χ2v) is 6.31. The van der Waals surface area contributed by atoms with Crippen molar-refractivity contribution in [1.82, 2.24) is 4.98 Å². The number of nitrogens with zero attached hydrogens (tertiary/aromatic N) is 2. The fraction of sp³-hybridized carbons (Fsp3) is 0.238. The number of nitriles is 1. The quantitative estimate of drug-likeness (QED) is 0.776. The maximum Gasteiger partial charge on any atom is 0.128 e. The molecule has 2 aromatic rings. The lowest BCUT2D eigenvalue weighted by Crippen LogP contribution is -2.07. The van der Waals surface area contributed by atoms with E-state index in [-0.39, 0.29) is 11.7 Å². The average Bonchev–Trinajstić information content (AvgIpc) is 2.89. The van der Waals surface area contributed by atoms with Gasteiger partial charge in [0.1, 0.15) is 5.82 Å². The molecule has 0 N–H and O–H groups in total. The van der Waals surface area contributed by atoms with Gasteiger partial charge < -0.3 is 0 Å². The Kier molecular flexibility index (Phi) is 4.07. The van der Waals surface area contributed by atoms with E-state index in [9.17, 15) is 9.65 Å². The van der Waals surface area contributed by atoms with Gasteiger partial charge in [0.2, 0.25) is 0 Å². The smallest absolute Gasteiger partial charge is 0.128 e. The van der Waals surface area contributed by atoms with Crippen molar-refractivity contribution in [2.75, 3.05) is 0 Å². The van der Waals surface area contributed by atoms with Crippen LogP contribution in [0.15, 0.2) is 36.5 Å². The highest BCUT2D eigenvalue weighted by atomic mass is 19.1. The van der Waals surface area contributed by atoms with Gasteiger partial charge in [-0.3, -0.25) is 4.98 Å². The summed E-state index contributed by atoms with van der Waals surface area (Å²) in [5, 5.41) is 9.35. The number of rotatable bonds is 3. The Bertz CT molecular complexity index is 899. The highest BCUT2D eigenvalue weighted by molar-refractivity contribution is 5.80. The fourth-order valence-corrected chi connectivity index (χ4v) is 3.41. The van der Waals surface area contributed by atoms with Crippen LogP contribution in [0.5, 0.6) is 0 Å². The molecule has 1 unspecified atom stereocenters. The van der Waals surface area contributed by atoms with Crippen LogP contribution < -0.4 is 0 Å². The molecule has 120 valence electrons. The molecule has 1 aromatic heterocycles. The number of hydrogen-bond acceptors (Lipinski definition) is 2. The Morgan fingerprint density at radius 2 is 2.12 bits per heavy atom. The minimum absolute atomic E-state index is 0.140. The Morgan fingerprint density at radius 1 is 1.38 bits per heavy atom. The molecule has 1 heterocycles. The summed E-state index contributed by atoms with van der Waals surface area (Å²) >= 11 is 0. The maximum absolute atomic E-state index is 14.9. The van der Waals surface area contributed by atoms with E-state index in [1.165, 1.54) is 11.6 Å². The third kappa shape index (κ3) is 2.45. The van der Waals surface area contributed by atoms with Crippen molar-refractivity contribution in [3.8, 4) is 6.07 Å². The van der Waals surface area contributed by atoms with Gasteiger partial charge in [0.25, 0.3) is 0 Å². The molecule has 0 saturated carbocycles. The van der Waals surface area contributed by atoms with Crippen LogP contribution in [-0.2, 0) is 6.42 Å². The van der Waals surface area contributed by atoms with E-state index in [4.69, 9.17) is 0 Å². The average molecular weight is 318 g/mol. The van der Waals surface area contributed by atoms with Crippen molar-refractivity contribution < 1.29 is 4.39 Å².